The first kappa shape index (κ1) is 20.5. The van der Waals surface area contributed by atoms with Crippen LogP contribution >= 0.6 is 0 Å². The number of anilines is 1. The minimum Gasteiger partial charge on any atom is -0.383 e. The summed E-state index contributed by atoms with van der Waals surface area (Å²) >= 11 is 0. The molecule has 1 fully saturated rings. The first-order chi connectivity index (χ1) is 14.5. The molecule has 0 bridgehead atoms. The molecule has 0 spiro atoms. The van der Waals surface area contributed by atoms with Crippen LogP contribution in [0, 0.1) is 11.6 Å². The molecule has 2 aromatic carbocycles. The van der Waals surface area contributed by atoms with Gasteiger partial charge in [0.25, 0.3) is 5.91 Å². The fourth-order valence-electron chi connectivity index (χ4n) is 4.10. The van der Waals surface area contributed by atoms with Gasteiger partial charge in [0.05, 0.1) is 6.61 Å². The summed E-state index contributed by atoms with van der Waals surface area (Å²) in [6.07, 6.45) is 2.29. The van der Waals surface area contributed by atoms with E-state index < -0.39 is 17.5 Å². The molecular weight excluding hydrogens is 388 g/mol. The van der Waals surface area contributed by atoms with E-state index in [4.69, 9.17) is 4.74 Å². The topological polar surface area (TPSA) is 57.4 Å². The van der Waals surface area contributed by atoms with E-state index in [1.807, 2.05) is 6.07 Å². The number of fused-ring (bicyclic) bond motifs is 1. The molecule has 158 valence electrons. The zero-order valence-corrected chi connectivity index (χ0v) is 16.9. The number of likely N-dealkylation sites (tertiary alicyclic amines) is 1. The molecule has 2 N–H and O–H groups in total. The van der Waals surface area contributed by atoms with Crippen molar-refractivity contribution in [3.63, 3.8) is 0 Å². The predicted octanol–water partition coefficient (Wildman–Crippen LogP) is 4.52. The Morgan fingerprint density at radius 2 is 2.00 bits per heavy atom. The van der Waals surface area contributed by atoms with Gasteiger partial charge in [-0.15, -0.1) is 0 Å². The molecule has 7 heteroatoms. The number of aromatic nitrogens is 1. The number of hydrogen-bond acceptors (Lipinski definition) is 3. The second-order valence-corrected chi connectivity index (χ2v) is 7.77. The number of carbonyl (C=O) groups excluding carboxylic acids is 1. The van der Waals surface area contributed by atoms with E-state index in [-0.39, 0.29) is 5.69 Å². The summed E-state index contributed by atoms with van der Waals surface area (Å²) in [6, 6.07) is 10.9. The molecule has 2 heterocycles. The summed E-state index contributed by atoms with van der Waals surface area (Å²) in [5.41, 5.74) is 2.52. The van der Waals surface area contributed by atoms with E-state index in [9.17, 15) is 13.6 Å². The summed E-state index contributed by atoms with van der Waals surface area (Å²) in [5.74, 6) is -1.47. The maximum atomic E-state index is 13.4. The van der Waals surface area contributed by atoms with Gasteiger partial charge in [0.15, 0.2) is 0 Å². The first-order valence-electron chi connectivity index (χ1n) is 10.1. The highest BCUT2D eigenvalue weighted by molar-refractivity contribution is 6.06. The van der Waals surface area contributed by atoms with E-state index in [1.54, 1.807) is 13.2 Å². The van der Waals surface area contributed by atoms with Gasteiger partial charge in [0, 0.05) is 42.9 Å². The van der Waals surface area contributed by atoms with Crippen molar-refractivity contribution in [2.45, 2.75) is 18.8 Å². The highest BCUT2D eigenvalue weighted by Crippen LogP contribution is 2.29. The quantitative estimate of drug-likeness (QED) is 0.625. The molecule has 5 nitrogen and oxygen atoms in total. The van der Waals surface area contributed by atoms with Crippen LogP contribution in [0.4, 0.5) is 14.5 Å². The zero-order valence-electron chi connectivity index (χ0n) is 16.9. The molecular formula is C23H25F2N3O2. The van der Waals surface area contributed by atoms with E-state index in [2.05, 4.69) is 27.3 Å². The number of nitrogens with zero attached hydrogens (tertiary/aromatic N) is 1. The van der Waals surface area contributed by atoms with E-state index in [1.165, 1.54) is 5.56 Å². The maximum Gasteiger partial charge on any atom is 0.272 e. The number of aromatic amines is 1. The molecule has 1 amide bonds. The van der Waals surface area contributed by atoms with Gasteiger partial charge in [0.1, 0.15) is 17.3 Å². The van der Waals surface area contributed by atoms with Crippen molar-refractivity contribution in [3.05, 3.63) is 65.4 Å². The van der Waals surface area contributed by atoms with Crippen molar-refractivity contribution in [3.8, 4) is 0 Å². The standard InChI is InChI=1S/C23H25F2N3O2/c1-30-8-7-28-6-2-3-16(14-28)15-4-5-21-17(9-15)10-22(27-21)23(29)26-20-12-18(24)11-19(25)13-20/h4-5,9-13,16,27H,2-3,6-8,14H2,1H3,(H,26,29). The van der Waals surface area contributed by atoms with Crippen LogP contribution in [0.5, 0.6) is 0 Å². The second-order valence-electron chi connectivity index (χ2n) is 7.77. The number of hydrogen-bond donors (Lipinski definition) is 2. The third-order valence-corrected chi connectivity index (χ3v) is 5.60. The summed E-state index contributed by atoms with van der Waals surface area (Å²) in [4.78, 5) is 18.0. The highest BCUT2D eigenvalue weighted by Gasteiger charge is 2.21. The monoisotopic (exact) mass is 413 g/mol. The Labute approximate surface area is 174 Å². The number of H-pyrrole nitrogens is 1. The van der Waals surface area contributed by atoms with Gasteiger partial charge < -0.3 is 19.9 Å². The smallest absolute Gasteiger partial charge is 0.272 e. The fraction of sp³-hybridized carbons (Fsp3) is 0.348. The van der Waals surface area contributed by atoms with Crippen LogP contribution in [-0.4, -0.2) is 49.1 Å². The number of rotatable bonds is 6. The normalized spacial score (nSPS) is 17.4. The molecule has 30 heavy (non-hydrogen) atoms. The van der Waals surface area contributed by atoms with Gasteiger partial charge in [-0.3, -0.25) is 4.79 Å². The molecule has 4 rings (SSSR count). The van der Waals surface area contributed by atoms with Gasteiger partial charge >= 0.3 is 0 Å². The van der Waals surface area contributed by atoms with Gasteiger partial charge in [-0.05, 0) is 61.2 Å². The summed E-state index contributed by atoms with van der Waals surface area (Å²) in [7, 11) is 1.72. The summed E-state index contributed by atoms with van der Waals surface area (Å²) < 4.78 is 31.9. The van der Waals surface area contributed by atoms with Gasteiger partial charge in [-0.1, -0.05) is 6.07 Å². The first-order valence-corrected chi connectivity index (χ1v) is 10.1. The maximum absolute atomic E-state index is 13.4. The van der Waals surface area contributed by atoms with Crippen molar-refractivity contribution < 1.29 is 18.3 Å². The molecule has 1 atom stereocenters. The van der Waals surface area contributed by atoms with Crippen molar-refractivity contribution in [1.29, 1.82) is 0 Å². The Bertz CT molecular complexity index is 1030. The van der Waals surface area contributed by atoms with Crippen molar-refractivity contribution in [2.75, 3.05) is 38.7 Å². The molecule has 3 aromatic rings. The average Bonchev–Trinajstić information content (AvgIpc) is 3.15. The summed E-state index contributed by atoms with van der Waals surface area (Å²) in [5, 5.41) is 3.48. The van der Waals surface area contributed by atoms with Crippen molar-refractivity contribution >= 4 is 22.5 Å². The van der Waals surface area contributed by atoms with Gasteiger partial charge in [-0.2, -0.15) is 0 Å². The molecule has 0 aliphatic carbocycles. The number of piperidine rings is 1. The fourth-order valence-corrected chi connectivity index (χ4v) is 4.10. The van der Waals surface area contributed by atoms with Crippen LogP contribution in [0.15, 0.2) is 42.5 Å². The number of carbonyl (C=O) groups is 1. The van der Waals surface area contributed by atoms with E-state index in [0.29, 0.717) is 11.6 Å². The molecule has 1 aliphatic rings. The van der Waals surface area contributed by atoms with Crippen LogP contribution in [0.2, 0.25) is 0 Å². The van der Waals surface area contributed by atoms with Crippen molar-refractivity contribution in [2.24, 2.45) is 0 Å². The molecule has 1 aromatic heterocycles. The zero-order chi connectivity index (χ0) is 21.1. The number of halogens is 2. The largest absolute Gasteiger partial charge is 0.383 e. The predicted molar refractivity (Wildman–Crippen MR) is 113 cm³/mol. The highest BCUT2D eigenvalue weighted by atomic mass is 19.1. The minimum atomic E-state index is -0.737. The van der Waals surface area contributed by atoms with Crippen LogP contribution in [0.1, 0.15) is 34.8 Å². The number of methoxy groups -OCH3 is 1. The van der Waals surface area contributed by atoms with Crippen LogP contribution in [-0.2, 0) is 4.74 Å². The molecule has 1 aliphatic heterocycles. The Balaban J connectivity index is 1.50. The lowest BCUT2D eigenvalue weighted by Crippen LogP contribution is -2.36. The Hall–Kier alpha value is -2.77. The Morgan fingerprint density at radius 1 is 1.20 bits per heavy atom. The second kappa shape index (κ2) is 8.93. The molecule has 0 radical (unpaired) electrons. The van der Waals surface area contributed by atoms with E-state index >= 15 is 0 Å². The minimum absolute atomic E-state index is 0.0789. The lowest BCUT2D eigenvalue weighted by atomic mass is 9.90. The third kappa shape index (κ3) is 4.68. The molecule has 1 unspecified atom stereocenters. The number of amides is 1. The number of ether oxygens (including phenoxy) is 1. The third-order valence-electron chi connectivity index (χ3n) is 5.60. The number of benzene rings is 2. The van der Waals surface area contributed by atoms with Crippen LogP contribution < -0.4 is 5.32 Å². The van der Waals surface area contributed by atoms with Gasteiger partial charge in [0.2, 0.25) is 0 Å². The van der Waals surface area contributed by atoms with Crippen LogP contribution in [0.25, 0.3) is 10.9 Å². The van der Waals surface area contributed by atoms with Crippen molar-refractivity contribution in [1.82, 2.24) is 9.88 Å². The molecule has 1 saturated heterocycles. The lowest BCUT2D eigenvalue weighted by molar-refractivity contribution is 0.102. The van der Waals surface area contributed by atoms with E-state index in [0.717, 1.165) is 68.2 Å². The lowest BCUT2D eigenvalue weighted by Gasteiger charge is -2.32. The Kier molecular flexibility index (Phi) is 6.11. The van der Waals surface area contributed by atoms with Gasteiger partial charge in [-0.25, -0.2) is 8.78 Å². The SMILES string of the molecule is COCCN1CCCC(c2ccc3[nH]c(C(=O)Nc4cc(F)cc(F)c4)cc3c2)C1. The number of nitrogens with one attached hydrogen (secondary N) is 2. The Morgan fingerprint density at radius 3 is 2.77 bits per heavy atom. The van der Waals surface area contributed by atoms with Crippen LogP contribution in [0.3, 0.4) is 0 Å². The molecule has 0 saturated carbocycles. The summed E-state index contributed by atoms with van der Waals surface area (Å²) in [6.45, 7) is 3.76. The average molecular weight is 413 g/mol.